The van der Waals surface area contributed by atoms with Crippen LogP contribution in [-0.4, -0.2) is 68.5 Å². The van der Waals surface area contributed by atoms with E-state index in [1.165, 1.54) is 103 Å². The number of carbonyl (C=O) groups is 1. The molecule has 0 aliphatic carbocycles. The van der Waals surface area contributed by atoms with Gasteiger partial charge in [-0.05, 0) is 70.6 Å². The Morgan fingerprint density at radius 3 is 1.61 bits per heavy atom. The van der Waals surface area contributed by atoms with Crippen LogP contribution in [0.4, 0.5) is 0 Å². The molecule has 0 aromatic heterocycles. The monoisotopic (exact) mass is 807 g/mol. The zero-order valence-corrected chi connectivity index (χ0v) is 37.7. The number of hydrogen-bond donors (Lipinski definition) is 2. The first-order valence-electron chi connectivity index (χ1n) is 22.7. The average molecular weight is 807 g/mol. The number of hydrogen-bond acceptors (Lipinski definition) is 6. The molecule has 0 aromatic carbocycles. The Bertz CT molecular complexity index is 1100. The second kappa shape index (κ2) is 38.7. The molecule has 2 N–H and O–H groups in total. The molecule has 0 aliphatic rings. The number of unbranched alkanes of at least 4 members (excludes halogenated alkanes) is 19. The second-order valence-electron chi connectivity index (χ2n) is 16.4. The van der Waals surface area contributed by atoms with Crippen LogP contribution in [0.3, 0.4) is 0 Å². The van der Waals surface area contributed by atoms with E-state index in [9.17, 15) is 19.4 Å². The highest BCUT2D eigenvalue weighted by Crippen LogP contribution is 2.38. The number of carbonyl (C=O) groups excluding carboxylic acids is 1. The molecule has 0 saturated carbocycles. The van der Waals surface area contributed by atoms with Gasteiger partial charge in [0.25, 0.3) is 7.82 Å². The molecule has 0 spiro atoms. The Kier molecular flexibility index (Phi) is 37.5. The number of quaternary nitrogens is 1. The van der Waals surface area contributed by atoms with Crippen molar-refractivity contribution in [2.45, 2.75) is 193 Å². The van der Waals surface area contributed by atoms with E-state index in [1.807, 2.05) is 27.2 Å². The van der Waals surface area contributed by atoms with Crippen LogP contribution < -0.4 is 10.2 Å². The van der Waals surface area contributed by atoms with Crippen LogP contribution in [0.15, 0.2) is 60.8 Å². The number of phosphoric ester groups is 1. The van der Waals surface area contributed by atoms with E-state index in [4.69, 9.17) is 9.05 Å². The molecule has 9 heteroatoms. The fourth-order valence-corrected chi connectivity index (χ4v) is 6.77. The molecule has 3 atom stereocenters. The van der Waals surface area contributed by atoms with Crippen molar-refractivity contribution in [1.82, 2.24) is 5.32 Å². The van der Waals surface area contributed by atoms with E-state index >= 15 is 0 Å². The summed E-state index contributed by atoms with van der Waals surface area (Å²) in [7, 11) is 1.22. The number of nitrogens with one attached hydrogen (secondary N) is 1. The lowest BCUT2D eigenvalue weighted by atomic mass is 10.0. The van der Waals surface area contributed by atoms with Gasteiger partial charge in [-0.1, -0.05) is 164 Å². The van der Waals surface area contributed by atoms with Crippen molar-refractivity contribution in [2.75, 3.05) is 40.9 Å². The molecule has 326 valence electrons. The number of rotatable bonds is 40. The Hall–Kier alpha value is -1.80. The molecular formula is C47H87N2O6P. The summed E-state index contributed by atoms with van der Waals surface area (Å²) < 4.78 is 23.1. The minimum atomic E-state index is -4.60. The summed E-state index contributed by atoms with van der Waals surface area (Å²) in [6.07, 6.45) is 49.9. The summed E-state index contributed by atoms with van der Waals surface area (Å²) >= 11 is 0. The first-order chi connectivity index (χ1) is 27.0. The summed E-state index contributed by atoms with van der Waals surface area (Å²) in [4.78, 5) is 25.3. The van der Waals surface area contributed by atoms with E-state index in [0.29, 0.717) is 17.4 Å². The fraction of sp³-hybridized carbons (Fsp3) is 0.766. The van der Waals surface area contributed by atoms with Gasteiger partial charge < -0.3 is 28.8 Å². The Morgan fingerprint density at radius 1 is 0.625 bits per heavy atom. The molecule has 0 saturated heterocycles. The highest BCUT2D eigenvalue weighted by molar-refractivity contribution is 7.45. The molecule has 0 rings (SSSR count). The molecule has 8 nitrogen and oxygen atoms in total. The number of likely N-dealkylation sites (N-methyl/N-ethyl adjacent to an activating group) is 1. The minimum Gasteiger partial charge on any atom is -0.756 e. The summed E-state index contributed by atoms with van der Waals surface area (Å²) in [5.41, 5.74) is 0. The first kappa shape index (κ1) is 54.2. The van der Waals surface area contributed by atoms with Gasteiger partial charge in [-0.3, -0.25) is 9.36 Å². The van der Waals surface area contributed by atoms with Crippen molar-refractivity contribution in [3.63, 3.8) is 0 Å². The highest BCUT2D eigenvalue weighted by atomic mass is 31.2. The molecule has 1 amide bonds. The average Bonchev–Trinajstić information content (AvgIpc) is 3.15. The minimum absolute atomic E-state index is 0.0116. The van der Waals surface area contributed by atoms with E-state index in [1.54, 1.807) is 6.08 Å². The number of phosphoric acid groups is 1. The normalized spacial score (nSPS) is 14.9. The van der Waals surface area contributed by atoms with E-state index < -0.39 is 26.6 Å². The third kappa shape index (κ3) is 40.4. The van der Waals surface area contributed by atoms with Crippen LogP contribution in [0.1, 0.15) is 181 Å². The van der Waals surface area contributed by atoms with Crippen molar-refractivity contribution < 1.29 is 32.9 Å². The van der Waals surface area contributed by atoms with Crippen molar-refractivity contribution >= 4 is 13.7 Å². The molecule has 0 radical (unpaired) electrons. The van der Waals surface area contributed by atoms with Crippen molar-refractivity contribution in [1.29, 1.82) is 0 Å². The van der Waals surface area contributed by atoms with Crippen LogP contribution in [0.2, 0.25) is 0 Å². The van der Waals surface area contributed by atoms with Crippen LogP contribution in [0.5, 0.6) is 0 Å². The standard InChI is InChI=1S/C47H87N2O6P/c1-6-8-10-12-14-16-18-19-20-21-22-23-24-25-26-27-28-29-31-33-35-37-39-41-47(51)48-45(44-55-56(52,53)54-43-42-49(3,4)5)46(50)40-38-36-34-32-30-17-15-13-11-9-7-2/h11,13,18-19,21-22,30,32,38,40,45-46,50H,6-10,12,14-17,20,23-29,31,33-37,39,41-44H2,1-5H3,(H-,48,51,52,53)/b13-11+,19-18-,22-21-,32-30+,40-38+. The van der Waals surface area contributed by atoms with Crippen LogP contribution >= 0.6 is 7.82 Å². The smallest absolute Gasteiger partial charge is 0.268 e. The quantitative estimate of drug-likeness (QED) is 0.0276. The van der Waals surface area contributed by atoms with Gasteiger partial charge in [-0.25, -0.2) is 0 Å². The lowest BCUT2D eigenvalue weighted by Gasteiger charge is -2.29. The second-order valence-corrected chi connectivity index (χ2v) is 17.8. The van der Waals surface area contributed by atoms with E-state index in [-0.39, 0.29) is 12.5 Å². The predicted molar refractivity (Wildman–Crippen MR) is 237 cm³/mol. The summed E-state index contributed by atoms with van der Waals surface area (Å²) in [6, 6.07) is -0.910. The maximum Gasteiger partial charge on any atom is 0.268 e. The Morgan fingerprint density at radius 2 is 1.09 bits per heavy atom. The predicted octanol–water partition coefficient (Wildman–Crippen LogP) is 12.0. The van der Waals surface area contributed by atoms with Gasteiger partial charge >= 0.3 is 0 Å². The third-order valence-electron chi connectivity index (χ3n) is 9.66. The van der Waals surface area contributed by atoms with Gasteiger partial charge in [0.2, 0.25) is 5.91 Å². The maximum absolute atomic E-state index is 12.8. The van der Waals surface area contributed by atoms with Gasteiger partial charge in [0, 0.05) is 6.42 Å². The zero-order valence-electron chi connectivity index (χ0n) is 36.8. The molecule has 0 fully saturated rings. The summed E-state index contributed by atoms with van der Waals surface area (Å²) in [6.45, 7) is 4.51. The van der Waals surface area contributed by atoms with E-state index in [2.05, 4.69) is 67.8 Å². The summed E-state index contributed by atoms with van der Waals surface area (Å²) in [5, 5.41) is 13.7. The Labute approximate surface area is 345 Å². The lowest BCUT2D eigenvalue weighted by molar-refractivity contribution is -0.870. The number of allylic oxidation sites excluding steroid dienone is 9. The summed E-state index contributed by atoms with van der Waals surface area (Å²) in [5.74, 6) is -0.218. The van der Waals surface area contributed by atoms with Crippen LogP contribution in [-0.2, 0) is 18.4 Å². The van der Waals surface area contributed by atoms with E-state index in [0.717, 1.165) is 57.8 Å². The Balaban J connectivity index is 4.31. The molecule has 3 unspecified atom stereocenters. The highest BCUT2D eigenvalue weighted by Gasteiger charge is 2.23. The SMILES string of the molecule is CCC/C=C/CC/C=C/CC/C=C/C(O)C(COP(=O)([O-])OCC[N+](C)(C)C)NC(=O)CCCCCCCCCCCCC/C=C\C/C=C\CCCCCCC. The van der Waals surface area contributed by atoms with Gasteiger partial charge in [0.15, 0.2) is 0 Å². The molecule has 0 bridgehead atoms. The topological polar surface area (TPSA) is 108 Å². The third-order valence-corrected chi connectivity index (χ3v) is 10.6. The molecular weight excluding hydrogens is 719 g/mol. The first-order valence-corrected chi connectivity index (χ1v) is 24.1. The van der Waals surface area contributed by atoms with Crippen LogP contribution in [0, 0.1) is 0 Å². The molecule has 0 aliphatic heterocycles. The zero-order chi connectivity index (χ0) is 41.4. The number of aliphatic hydroxyl groups excluding tert-OH is 1. The lowest BCUT2D eigenvalue weighted by Crippen LogP contribution is -2.45. The van der Waals surface area contributed by atoms with Gasteiger partial charge in [-0.15, -0.1) is 0 Å². The van der Waals surface area contributed by atoms with Crippen LogP contribution in [0.25, 0.3) is 0 Å². The maximum atomic E-state index is 12.8. The molecule has 0 heterocycles. The van der Waals surface area contributed by atoms with Gasteiger partial charge in [0.1, 0.15) is 13.2 Å². The number of amides is 1. The van der Waals surface area contributed by atoms with Gasteiger partial charge in [0.05, 0.1) is 39.9 Å². The number of aliphatic hydroxyl groups is 1. The molecule has 0 aromatic rings. The largest absolute Gasteiger partial charge is 0.756 e. The van der Waals surface area contributed by atoms with Crippen molar-refractivity contribution in [3.8, 4) is 0 Å². The fourth-order valence-electron chi connectivity index (χ4n) is 6.04. The van der Waals surface area contributed by atoms with Crippen molar-refractivity contribution in [2.24, 2.45) is 0 Å². The number of nitrogens with zero attached hydrogens (tertiary/aromatic N) is 1. The molecule has 56 heavy (non-hydrogen) atoms. The van der Waals surface area contributed by atoms with Gasteiger partial charge in [-0.2, -0.15) is 0 Å². The van der Waals surface area contributed by atoms with Crippen molar-refractivity contribution in [3.05, 3.63) is 60.8 Å².